The van der Waals surface area contributed by atoms with Crippen molar-refractivity contribution in [2.75, 3.05) is 0 Å². The van der Waals surface area contributed by atoms with Gasteiger partial charge in [-0.1, -0.05) is 54.1 Å². The molecule has 0 atom stereocenters. The fourth-order valence-electron chi connectivity index (χ4n) is 2.72. The minimum Gasteiger partial charge on any atom is -0.352 e. The van der Waals surface area contributed by atoms with E-state index in [9.17, 15) is 4.79 Å². The van der Waals surface area contributed by atoms with Gasteiger partial charge in [-0.3, -0.25) is 9.89 Å². The summed E-state index contributed by atoms with van der Waals surface area (Å²) in [6, 6.07) is 16.3. The number of carbonyl (C=O) groups excluding carboxylic acids is 1. The van der Waals surface area contributed by atoms with Crippen LogP contribution >= 0.6 is 0 Å². The zero-order chi connectivity index (χ0) is 17.6. The first-order chi connectivity index (χ1) is 12.1. The number of aryl methyl sites for hydroxylation is 2. The maximum absolute atomic E-state index is 12.1. The molecule has 0 unspecified atom stereocenters. The van der Waals surface area contributed by atoms with Crippen LogP contribution in [0.1, 0.15) is 33.9 Å². The third kappa shape index (κ3) is 4.76. The lowest BCUT2D eigenvalue weighted by molar-refractivity contribution is -0.120. The summed E-state index contributed by atoms with van der Waals surface area (Å²) in [6.45, 7) is 4.62. The molecular weight excluding hydrogens is 312 g/mol. The number of nitrogens with one attached hydrogen (secondary N) is 2. The largest absolute Gasteiger partial charge is 0.352 e. The third-order valence-corrected chi connectivity index (χ3v) is 4.09. The Morgan fingerprint density at radius 3 is 2.76 bits per heavy atom. The van der Waals surface area contributed by atoms with Crippen LogP contribution in [0.25, 0.3) is 0 Å². The van der Waals surface area contributed by atoms with Gasteiger partial charge in [0.15, 0.2) is 5.82 Å². The number of aromatic nitrogens is 3. The van der Waals surface area contributed by atoms with Crippen LogP contribution in [0.3, 0.4) is 0 Å². The highest BCUT2D eigenvalue weighted by Gasteiger charge is 2.10. The number of benzene rings is 2. The Bertz CT molecular complexity index is 869. The molecule has 3 rings (SSSR count). The van der Waals surface area contributed by atoms with Gasteiger partial charge in [-0.25, -0.2) is 4.98 Å². The summed E-state index contributed by atoms with van der Waals surface area (Å²) in [5.41, 5.74) is 4.67. The molecule has 3 aromatic rings. The summed E-state index contributed by atoms with van der Waals surface area (Å²) < 4.78 is 0. The molecular formula is C20H22N4O. The number of rotatable bonds is 6. The van der Waals surface area contributed by atoms with E-state index in [0.29, 0.717) is 18.8 Å². The van der Waals surface area contributed by atoms with Gasteiger partial charge in [-0.15, -0.1) is 0 Å². The van der Waals surface area contributed by atoms with Crippen molar-refractivity contribution in [3.63, 3.8) is 0 Å². The van der Waals surface area contributed by atoms with Crippen molar-refractivity contribution in [2.45, 2.75) is 33.2 Å². The highest BCUT2D eigenvalue weighted by Crippen LogP contribution is 2.09. The number of amides is 1. The van der Waals surface area contributed by atoms with Crippen LogP contribution in [0.15, 0.2) is 48.5 Å². The lowest BCUT2D eigenvalue weighted by atomic mass is 10.1. The van der Waals surface area contributed by atoms with E-state index in [1.54, 1.807) is 0 Å². The smallest absolute Gasteiger partial charge is 0.228 e. The lowest BCUT2D eigenvalue weighted by Gasteiger charge is -2.06. The minimum absolute atomic E-state index is 0.0793. The van der Waals surface area contributed by atoms with Crippen LogP contribution in [0.4, 0.5) is 0 Å². The summed E-state index contributed by atoms with van der Waals surface area (Å²) in [5, 5.41) is 9.99. The van der Waals surface area contributed by atoms with Gasteiger partial charge >= 0.3 is 0 Å². The Labute approximate surface area is 147 Å². The molecule has 2 N–H and O–H groups in total. The predicted octanol–water partition coefficient (Wildman–Crippen LogP) is 2.87. The average Bonchev–Trinajstić information content (AvgIpc) is 3.01. The van der Waals surface area contributed by atoms with Gasteiger partial charge in [0.25, 0.3) is 0 Å². The second-order valence-electron chi connectivity index (χ2n) is 6.24. The van der Waals surface area contributed by atoms with Crippen molar-refractivity contribution in [3.05, 3.63) is 82.4 Å². The molecule has 0 saturated carbocycles. The van der Waals surface area contributed by atoms with Crippen molar-refractivity contribution >= 4 is 5.91 Å². The van der Waals surface area contributed by atoms with Crippen molar-refractivity contribution < 1.29 is 4.79 Å². The second-order valence-corrected chi connectivity index (χ2v) is 6.24. The second kappa shape index (κ2) is 7.75. The van der Waals surface area contributed by atoms with Crippen molar-refractivity contribution in [2.24, 2.45) is 0 Å². The topological polar surface area (TPSA) is 70.7 Å². The van der Waals surface area contributed by atoms with E-state index in [0.717, 1.165) is 11.4 Å². The maximum atomic E-state index is 12.1. The Morgan fingerprint density at radius 1 is 1.12 bits per heavy atom. The maximum Gasteiger partial charge on any atom is 0.228 e. The number of nitrogens with zero attached hydrogens (tertiary/aromatic N) is 2. The van der Waals surface area contributed by atoms with E-state index in [-0.39, 0.29) is 12.3 Å². The Morgan fingerprint density at radius 2 is 1.96 bits per heavy atom. The number of H-pyrrole nitrogens is 1. The molecule has 25 heavy (non-hydrogen) atoms. The van der Waals surface area contributed by atoms with E-state index in [2.05, 4.69) is 45.6 Å². The molecule has 1 heterocycles. The van der Waals surface area contributed by atoms with Crippen molar-refractivity contribution in [3.8, 4) is 0 Å². The SMILES string of the molecule is Cc1cccc(Cc2nc(CC(=O)NCc3ccccc3C)n[nH]2)c1. The summed E-state index contributed by atoms with van der Waals surface area (Å²) in [7, 11) is 0. The first-order valence-corrected chi connectivity index (χ1v) is 8.37. The molecule has 0 bridgehead atoms. The van der Waals surface area contributed by atoms with Crippen LogP contribution in [-0.4, -0.2) is 21.1 Å². The Kier molecular flexibility index (Phi) is 5.23. The molecule has 0 aliphatic heterocycles. The number of hydrogen-bond donors (Lipinski definition) is 2. The molecule has 0 fully saturated rings. The van der Waals surface area contributed by atoms with E-state index in [1.165, 1.54) is 16.7 Å². The zero-order valence-corrected chi connectivity index (χ0v) is 14.5. The van der Waals surface area contributed by atoms with Crippen LogP contribution in [-0.2, 0) is 24.2 Å². The fraction of sp³-hybridized carbons (Fsp3) is 0.250. The van der Waals surface area contributed by atoms with Crippen molar-refractivity contribution in [1.82, 2.24) is 20.5 Å². The van der Waals surface area contributed by atoms with Crippen molar-refractivity contribution in [1.29, 1.82) is 0 Å². The quantitative estimate of drug-likeness (QED) is 0.728. The third-order valence-electron chi connectivity index (χ3n) is 4.09. The van der Waals surface area contributed by atoms with E-state index in [1.807, 2.05) is 37.3 Å². The van der Waals surface area contributed by atoms with Crippen LogP contribution in [0.5, 0.6) is 0 Å². The van der Waals surface area contributed by atoms with E-state index >= 15 is 0 Å². The summed E-state index contributed by atoms with van der Waals surface area (Å²) in [5.74, 6) is 1.21. The van der Waals surface area contributed by atoms with Crippen LogP contribution < -0.4 is 5.32 Å². The van der Waals surface area contributed by atoms with Gasteiger partial charge < -0.3 is 5.32 Å². The van der Waals surface area contributed by atoms with E-state index in [4.69, 9.17) is 0 Å². The van der Waals surface area contributed by atoms with E-state index < -0.39 is 0 Å². The number of hydrogen-bond acceptors (Lipinski definition) is 3. The minimum atomic E-state index is -0.0793. The average molecular weight is 334 g/mol. The zero-order valence-electron chi connectivity index (χ0n) is 14.5. The molecule has 2 aromatic carbocycles. The van der Waals surface area contributed by atoms with Gasteiger partial charge in [-0.2, -0.15) is 5.10 Å². The summed E-state index contributed by atoms with van der Waals surface area (Å²) >= 11 is 0. The molecule has 0 saturated heterocycles. The van der Waals surface area contributed by atoms with Gasteiger partial charge in [-0.05, 0) is 30.5 Å². The molecule has 1 amide bonds. The van der Waals surface area contributed by atoms with Crippen LogP contribution in [0.2, 0.25) is 0 Å². The molecule has 1 aromatic heterocycles. The number of carbonyl (C=O) groups is 1. The van der Waals surface area contributed by atoms with Gasteiger partial charge in [0.05, 0.1) is 6.42 Å². The lowest BCUT2D eigenvalue weighted by Crippen LogP contribution is -2.25. The highest BCUT2D eigenvalue weighted by molar-refractivity contribution is 5.77. The molecule has 0 aliphatic rings. The van der Waals surface area contributed by atoms with Crippen LogP contribution in [0, 0.1) is 13.8 Å². The van der Waals surface area contributed by atoms with Gasteiger partial charge in [0, 0.05) is 13.0 Å². The molecule has 0 radical (unpaired) electrons. The molecule has 0 aliphatic carbocycles. The number of aromatic amines is 1. The predicted molar refractivity (Wildman–Crippen MR) is 97.1 cm³/mol. The summed E-state index contributed by atoms with van der Waals surface area (Å²) in [6.07, 6.45) is 0.857. The monoisotopic (exact) mass is 334 g/mol. The molecule has 5 nitrogen and oxygen atoms in total. The first-order valence-electron chi connectivity index (χ1n) is 8.37. The van der Waals surface area contributed by atoms with Gasteiger partial charge in [0.2, 0.25) is 5.91 Å². The highest BCUT2D eigenvalue weighted by atomic mass is 16.1. The normalized spacial score (nSPS) is 10.6. The molecule has 128 valence electrons. The molecule has 5 heteroatoms. The Hall–Kier alpha value is -2.95. The summed E-state index contributed by atoms with van der Waals surface area (Å²) in [4.78, 5) is 16.5. The fourth-order valence-corrected chi connectivity index (χ4v) is 2.72. The first kappa shape index (κ1) is 16.9. The Balaban J connectivity index is 1.54. The molecule has 0 spiro atoms. The standard InChI is InChI=1S/C20H22N4O/c1-14-6-5-8-16(10-14)11-18-22-19(24-23-18)12-20(25)21-13-17-9-4-3-7-15(17)2/h3-10H,11-13H2,1-2H3,(H,21,25)(H,22,23,24). The van der Waals surface area contributed by atoms with Gasteiger partial charge in [0.1, 0.15) is 5.82 Å².